The van der Waals surface area contributed by atoms with Gasteiger partial charge in [0, 0.05) is 32.7 Å². The molecule has 1 N–H and O–H groups in total. The minimum Gasteiger partial charge on any atom is -0.464 e. The van der Waals surface area contributed by atoms with Crippen molar-refractivity contribution in [2.75, 3.05) is 51.6 Å². The summed E-state index contributed by atoms with van der Waals surface area (Å²) in [6, 6.07) is 0. The van der Waals surface area contributed by atoms with Crippen LogP contribution in [0.15, 0.2) is 0 Å². The Kier molecular flexibility index (Phi) is 44.3. The quantitative estimate of drug-likeness (QED) is 0.165. The predicted molar refractivity (Wildman–Crippen MR) is 168 cm³/mol. The van der Waals surface area contributed by atoms with Crippen LogP contribution in [0.3, 0.4) is 0 Å². The van der Waals surface area contributed by atoms with Crippen molar-refractivity contribution in [3.63, 3.8) is 0 Å². The molecule has 0 atom stereocenters. The smallest absolute Gasteiger partial charge is 0.332 e. The zero-order valence-corrected chi connectivity index (χ0v) is 29.4. The van der Waals surface area contributed by atoms with Crippen molar-refractivity contribution in [3.05, 3.63) is 0 Å². The monoisotopic (exact) mass is 604 g/mol. The van der Waals surface area contributed by atoms with Gasteiger partial charge in [-0.2, -0.15) is 0 Å². The van der Waals surface area contributed by atoms with Crippen molar-refractivity contribution < 1.29 is 42.0 Å². The Labute approximate surface area is 248 Å². The van der Waals surface area contributed by atoms with Crippen LogP contribution in [0.2, 0.25) is 0 Å². The lowest BCUT2D eigenvalue weighted by Crippen LogP contribution is -2.15. The minimum absolute atomic E-state index is 0.0610. The van der Waals surface area contributed by atoms with Crippen LogP contribution < -0.4 is 0 Å². The molecule has 0 heterocycles. The number of aliphatic hydroxyl groups is 1. The van der Waals surface area contributed by atoms with Gasteiger partial charge in [-0.15, -0.1) is 0 Å². The molecule has 0 rings (SSSR count). The van der Waals surface area contributed by atoms with Crippen molar-refractivity contribution in [1.82, 2.24) is 0 Å². The van der Waals surface area contributed by atoms with Gasteiger partial charge in [-0.1, -0.05) is 27.7 Å². The largest absolute Gasteiger partial charge is 0.464 e. The summed E-state index contributed by atoms with van der Waals surface area (Å²) >= 11 is 0. The van der Waals surface area contributed by atoms with Gasteiger partial charge in [-0.05, 0) is 87.5 Å². The number of hydrogen-bond acceptors (Lipinski definition) is 9. The molecule has 9 nitrogen and oxygen atoms in total. The molecule has 0 saturated carbocycles. The van der Waals surface area contributed by atoms with Crippen molar-refractivity contribution >= 4 is 15.8 Å². The minimum atomic E-state index is -2.80. The molecule has 0 amide bonds. The van der Waals surface area contributed by atoms with Crippen molar-refractivity contribution in [2.45, 2.75) is 134 Å². The number of sulfone groups is 1. The fraction of sp³-hybridized carbons (Fsp3) is 0.967. The highest BCUT2D eigenvalue weighted by Crippen LogP contribution is 1.93. The molecule has 10 heteroatoms. The van der Waals surface area contributed by atoms with E-state index >= 15 is 0 Å². The van der Waals surface area contributed by atoms with E-state index in [1.54, 1.807) is 6.92 Å². The first-order valence-corrected chi connectivity index (χ1v) is 16.8. The fourth-order valence-electron chi connectivity index (χ4n) is 1.81. The predicted octanol–water partition coefficient (Wildman–Crippen LogP) is 6.10. The molecule has 40 heavy (non-hydrogen) atoms. The maximum atomic E-state index is 10.6. The van der Waals surface area contributed by atoms with Gasteiger partial charge in [-0.25, -0.2) is 13.2 Å². The molecular weight excluding hydrogens is 536 g/mol. The normalized spacial score (nSPS) is 10.7. The molecule has 0 aliphatic rings. The molecule has 0 saturated heterocycles. The summed E-state index contributed by atoms with van der Waals surface area (Å²) in [6.07, 6.45) is 4.68. The number of aliphatic hydroxyl groups excluding tert-OH is 1. The Morgan fingerprint density at radius 3 is 1.32 bits per heavy atom. The first kappa shape index (κ1) is 48.9. The second-order valence-electron chi connectivity index (χ2n) is 10.7. The van der Waals surface area contributed by atoms with Crippen molar-refractivity contribution in [3.8, 4) is 0 Å². The van der Waals surface area contributed by atoms with E-state index in [-0.39, 0.29) is 37.1 Å². The topological polar surface area (TPSA) is 118 Å². The molecule has 0 spiro atoms. The molecule has 0 unspecified atom stereocenters. The Balaban J connectivity index is -0.000000132. The molecule has 248 valence electrons. The summed E-state index contributed by atoms with van der Waals surface area (Å²) in [5.41, 5.74) is 0. The molecule has 0 aromatic carbocycles. The first-order valence-electron chi connectivity index (χ1n) is 14.8. The molecule has 0 aromatic heterocycles. The SMILES string of the molecule is CC(C)C.CC(C)OCCCO.CC(C)OCCCS(C)(=O)=O.CCCOC(C)C.CCOC(=O)COC(C)C. The van der Waals surface area contributed by atoms with Gasteiger partial charge in [0.25, 0.3) is 0 Å². The summed E-state index contributed by atoms with van der Waals surface area (Å²) in [5, 5.41) is 8.30. The Morgan fingerprint density at radius 1 is 0.675 bits per heavy atom. The van der Waals surface area contributed by atoms with E-state index in [9.17, 15) is 13.2 Å². The van der Waals surface area contributed by atoms with Crippen molar-refractivity contribution in [2.24, 2.45) is 5.92 Å². The summed E-state index contributed by atoms with van der Waals surface area (Å²) in [6.45, 7) is 28.9. The van der Waals surface area contributed by atoms with Crippen LogP contribution in [0, 0.1) is 5.92 Å². The van der Waals surface area contributed by atoms with Crippen LogP contribution in [0.5, 0.6) is 0 Å². The van der Waals surface area contributed by atoms with Crippen molar-refractivity contribution in [1.29, 1.82) is 0 Å². The highest BCUT2D eigenvalue weighted by Gasteiger charge is 2.02. The van der Waals surface area contributed by atoms with E-state index in [1.807, 2.05) is 41.5 Å². The maximum absolute atomic E-state index is 10.6. The molecule has 0 aromatic rings. The highest BCUT2D eigenvalue weighted by atomic mass is 32.2. The zero-order valence-electron chi connectivity index (χ0n) is 28.6. The molecule has 0 fully saturated rings. The Bertz CT molecular complexity index is 573. The van der Waals surface area contributed by atoms with Gasteiger partial charge in [0.1, 0.15) is 16.4 Å². The number of esters is 1. The Morgan fingerprint density at radius 2 is 1.05 bits per heavy atom. The standard InChI is InChI=1S/C7H16O3S.C7H14O3.C6H14O2.C6H14O.C4H10/c1-7(2)10-5-4-6-11(3,8)9;1-4-9-7(8)5-10-6(2)3;1-6(2)8-5-3-4-7;1-4-5-7-6(2)3;1-4(2)3/h7H,4-6H2,1-3H3;6H,4-5H2,1-3H3;6-7H,3-5H2,1-2H3;6H,4-5H2,1-3H3;4H,1-3H3. The van der Waals surface area contributed by atoms with E-state index < -0.39 is 9.84 Å². The van der Waals surface area contributed by atoms with Crippen LogP contribution in [-0.4, -0.2) is 95.6 Å². The number of rotatable bonds is 16. The second kappa shape index (κ2) is 36.2. The maximum Gasteiger partial charge on any atom is 0.332 e. The number of ether oxygens (including phenoxy) is 5. The van der Waals surface area contributed by atoms with E-state index in [4.69, 9.17) is 24.1 Å². The summed E-state index contributed by atoms with van der Waals surface area (Å²) in [7, 11) is -2.80. The molecule has 0 aliphatic heterocycles. The van der Waals surface area contributed by atoms with Crippen LogP contribution in [0.1, 0.15) is 109 Å². The van der Waals surface area contributed by atoms with Gasteiger partial charge in [0.05, 0.1) is 36.8 Å². The molecular formula is C30H68O9S. The number of hydrogen-bond donors (Lipinski definition) is 1. The lowest BCUT2D eigenvalue weighted by atomic mass is 10.3. The highest BCUT2D eigenvalue weighted by molar-refractivity contribution is 7.90. The summed E-state index contributed by atoms with van der Waals surface area (Å²) in [5.74, 6) is 0.760. The lowest BCUT2D eigenvalue weighted by Gasteiger charge is -2.05. The zero-order chi connectivity index (χ0) is 32.6. The lowest BCUT2D eigenvalue weighted by molar-refractivity contribution is -0.149. The Hall–Kier alpha value is -0.780. The van der Waals surface area contributed by atoms with Gasteiger partial charge < -0.3 is 28.8 Å². The van der Waals surface area contributed by atoms with Gasteiger partial charge >= 0.3 is 5.97 Å². The number of carbonyl (C=O) groups excluding carboxylic acids is 1. The van der Waals surface area contributed by atoms with E-state index in [0.29, 0.717) is 38.4 Å². The van der Waals surface area contributed by atoms with Gasteiger partial charge in [0.2, 0.25) is 0 Å². The van der Waals surface area contributed by atoms with Crippen LogP contribution in [-0.2, 0) is 38.3 Å². The third-order valence-electron chi connectivity index (χ3n) is 3.36. The molecule has 0 radical (unpaired) electrons. The first-order chi connectivity index (χ1) is 18.4. The van der Waals surface area contributed by atoms with E-state index in [2.05, 4.69) is 46.3 Å². The van der Waals surface area contributed by atoms with Crippen LogP contribution >= 0.6 is 0 Å². The van der Waals surface area contributed by atoms with E-state index in [0.717, 1.165) is 25.4 Å². The third-order valence-corrected chi connectivity index (χ3v) is 4.39. The number of carbonyl (C=O) groups is 1. The second-order valence-corrected chi connectivity index (χ2v) is 13.0. The van der Waals surface area contributed by atoms with Gasteiger partial charge in [0.15, 0.2) is 0 Å². The van der Waals surface area contributed by atoms with Gasteiger partial charge in [-0.3, -0.25) is 0 Å². The van der Waals surface area contributed by atoms with E-state index in [1.165, 1.54) is 6.26 Å². The average Bonchev–Trinajstić information content (AvgIpc) is 2.79. The molecule has 0 bridgehead atoms. The van der Waals surface area contributed by atoms with Crippen LogP contribution in [0.4, 0.5) is 0 Å². The summed E-state index contributed by atoms with van der Waals surface area (Å²) in [4.78, 5) is 10.6. The van der Waals surface area contributed by atoms with Crippen LogP contribution in [0.25, 0.3) is 0 Å². The molecule has 0 aliphatic carbocycles. The fourth-order valence-corrected chi connectivity index (χ4v) is 2.46. The third kappa shape index (κ3) is 83.2. The summed E-state index contributed by atoms with van der Waals surface area (Å²) < 4.78 is 46.3. The average molecular weight is 605 g/mol.